The molecule has 1 fully saturated rings. The van der Waals surface area contributed by atoms with E-state index < -0.39 is 5.82 Å². The molecule has 0 saturated carbocycles. The van der Waals surface area contributed by atoms with Gasteiger partial charge in [-0.05, 0) is 38.1 Å². The van der Waals surface area contributed by atoms with E-state index in [1.165, 1.54) is 12.1 Å². The smallest absolute Gasteiger partial charge is 0.169 e. The van der Waals surface area contributed by atoms with Crippen LogP contribution in [0.25, 0.3) is 0 Å². The van der Waals surface area contributed by atoms with Crippen molar-refractivity contribution in [1.29, 1.82) is 0 Å². The summed E-state index contributed by atoms with van der Waals surface area (Å²) in [6.45, 7) is 1.64. The maximum Gasteiger partial charge on any atom is 0.169 e. The van der Waals surface area contributed by atoms with E-state index in [2.05, 4.69) is 5.32 Å². The van der Waals surface area contributed by atoms with Crippen molar-refractivity contribution in [2.75, 3.05) is 13.1 Å². The summed E-state index contributed by atoms with van der Waals surface area (Å²) in [6.07, 6.45) is 1.55. The zero-order valence-electron chi connectivity index (χ0n) is 9.28. The monoisotopic (exact) mass is 259 g/mol. The largest absolute Gasteiger partial charge is 0.507 e. The summed E-state index contributed by atoms with van der Waals surface area (Å²) < 4.78 is 12.8. The molecule has 1 heterocycles. The molecule has 0 bridgehead atoms. The molecule has 94 valence electrons. The molecule has 0 amide bonds. The van der Waals surface area contributed by atoms with E-state index in [9.17, 15) is 14.3 Å². The Morgan fingerprint density at radius 2 is 2.00 bits per heavy atom. The Balaban J connectivity index is 0.00000144. The van der Waals surface area contributed by atoms with Crippen LogP contribution in [0.2, 0.25) is 0 Å². The quantitative estimate of drug-likeness (QED) is 0.800. The van der Waals surface area contributed by atoms with Crippen molar-refractivity contribution in [2.45, 2.75) is 12.8 Å². The standard InChI is InChI=1S/C12H14FNO2.ClH/c13-9-1-2-10(11(15)7-9)12(16)8-3-5-14-6-4-8;/h1-2,7-8,14-15H,3-6H2;1H. The lowest BCUT2D eigenvalue weighted by Crippen LogP contribution is -2.31. The van der Waals surface area contributed by atoms with Crippen molar-refractivity contribution in [3.63, 3.8) is 0 Å². The molecule has 0 aromatic heterocycles. The van der Waals surface area contributed by atoms with Gasteiger partial charge in [0.25, 0.3) is 0 Å². The van der Waals surface area contributed by atoms with Gasteiger partial charge in [0.05, 0.1) is 5.56 Å². The van der Waals surface area contributed by atoms with Crippen molar-refractivity contribution in [3.05, 3.63) is 29.6 Å². The SMILES string of the molecule is Cl.O=C(c1ccc(F)cc1O)C1CCNCC1. The zero-order chi connectivity index (χ0) is 11.5. The van der Waals surface area contributed by atoms with Crippen molar-refractivity contribution < 1.29 is 14.3 Å². The molecule has 0 spiro atoms. The van der Waals surface area contributed by atoms with E-state index in [1.807, 2.05) is 0 Å². The molecule has 2 N–H and O–H groups in total. The predicted octanol–water partition coefficient (Wildman–Crippen LogP) is 2.14. The number of ketones is 1. The number of Topliss-reactive ketones (excluding diaryl/α,β-unsaturated/α-hetero) is 1. The number of hydrogen-bond donors (Lipinski definition) is 2. The number of phenols is 1. The van der Waals surface area contributed by atoms with Gasteiger partial charge >= 0.3 is 0 Å². The highest BCUT2D eigenvalue weighted by molar-refractivity contribution is 6.00. The molecule has 5 heteroatoms. The van der Waals surface area contributed by atoms with Crippen LogP contribution in [0.4, 0.5) is 4.39 Å². The summed E-state index contributed by atoms with van der Waals surface area (Å²) in [6, 6.07) is 3.54. The van der Waals surface area contributed by atoms with E-state index in [1.54, 1.807) is 0 Å². The molecule has 17 heavy (non-hydrogen) atoms. The van der Waals surface area contributed by atoms with Crippen molar-refractivity contribution in [3.8, 4) is 5.75 Å². The fraction of sp³-hybridized carbons (Fsp3) is 0.417. The van der Waals surface area contributed by atoms with Crippen molar-refractivity contribution in [1.82, 2.24) is 5.32 Å². The summed E-state index contributed by atoms with van der Waals surface area (Å²) in [5.74, 6) is -0.931. The van der Waals surface area contributed by atoms with E-state index in [-0.39, 0.29) is 35.4 Å². The first-order chi connectivity index (χ1) is 7.68. The maximum atomic E-state index is 12.8. The molecule has 1 aromatic rings. The van der Waals surface area contributed by atoms with Crippen LogP contribution in [0.15, 0.2) is 18.2 Å². The molecule has 0 aliphatic carbocycles. The Morgan fingerprint density at radius 1 is 1.35 bits per heavy atom. The second-order valence-corrected chi connectivity index (χ2v) is 4.05. The van der Waals surface area contributed by atoms with Crippen LogP contribution in [0.3, 0.4) is 0 Å². The van der Waals surface area contributed by atoms with Crippen molar-refractivity contribution in [2.24, 2.45) is 5.92 Å². The summed E-state index contributed by atoms with van der Waals surface area (Å²) >= 11 is 0. The van der Waals surface area contributed by atoms with Crippen molar-refractivity contribution >= 4 is 18.2 Å². The Morgan fingerprint density at radius 3 is 2.59 bits per heavy atom. The third kappa shape index (κ3) is 3.17. The minimum atomic E-state index is -0.528. The van der Waals surface area contributed by atoms with Crippen LogP contribution in [-0.2, 0) is 0 Å². The van der Waals surface area contributed by atoms with E-state index in [4.69, 9.17) is 0 Å². The number of carbonyl (C=O) groups excluding carboxylic acids is 1. The fourth-order valence-corrected chi connectivity index (χ4v) is 2.02. The number of benzene rings is 1. The molecule has 1 aliphatic heterocycles. The first-order valence-electron chi connectivity index (χ1n) is 5.42. The topological polar surface area (TPSA) is 49.3 Å². The van der Waals surface area contributed by atoms with Crippen LogP contribution in [-0.4, -0.2) is 24.0 Å². The van der Waals surface area contributed by atoms with Crippen LogP contribution in [0.5, 0.6) is 5.75 Å². The average Bonchev–Trinajstić information content (AvgIpc) is 2.29. The number of rotatable bonds is 2. The third-order valence-electron chi connectivity index (χ3n) is 2.94. The van der Waals surface area contributed by atoms with E-state index >= 15 is 0 Å². The van der Waals surface area contributed by atoms with Crippen LogP contribution in [0, 0.1) is 11.7 Å². The number of piperidine rings is 1. The Labute approximate surface area is 105 Å². The molecule has 2 rings (SSSR count). The molecular formula is C12H15ClFNO2. The number of hydrogen-bond acceptors (Lipinski definition) is 3. The highest BCUT2D eigenvalue weighted by Crippen LogP contribution is 2.25. The Hall–Kier alpha value is -1.13. The van der Waals surface area contributed by atoms with Gasteiger partial charge < -0.3 is 10.4 Å². The molecule has 0 radical (unpaired) electrons. The molecular weight excluding hydrogens is 245 g/mol. The predicted molar refractivity (Wildman–Crippen MR) is 65.2 cm³/mol. The van der Waals surface area contributed by atoms with Gasteiger partial charge in [0.1, 0.15) is 11.6 Å². The lowest BCUT2D eigenvalue weighted by Gasteiger charge is -2.21. The minimum Gasteiger partial charge on any atom is -0.507 e. The molecule has 0 unspecified atom stereocenters. The minimum absolute atomic E-state index is 0. The molecule has 1 aromatic carbocycles. The number of nitrogens with one attached hydrogen (secondary N) is 1. The molecule has 1 aliphatic rings. The van der Waals surface area contributed by atoms with Gasteiger partial charge in [-0.3, -0.25) is 4.79 Å². The first-order valence-corrected chi connectivity index (χ1v) is 5.42. The number of aromatic hydroxyl groups is 1. The van der Waals surface area contributed by atoms with Crippen LogP contribution < -0.4 is 5.32 Å². The average molecular weight is 260 g/mol. The molecule has 3 nitrogen and oxygen atoms in total. The molecule has 1 saturated heterocycles. The maximum absolute atomic E-state index is 12.8. The fourth-order valence-electron chi connectivity index (χ4n) is 2.02. The summed E-state index contributed by atoms with van der Waals surface area (Å²) in [5.41, 5.74) is 0.230. The third-order valence-corrected chi connectivity index (χ3v) is 2.94. The zero-order valence-corrected chi connectivity index (χ0v) is 10.1. The lowest BCUT2D eigenvalue weighted by atomic mass is 9.89. The van der Waals surface area contributed by atoms with E-state index in [0.29, 0.717) is 0 Å². The summed E-state index contributed by atoms with van der Waals surface area (Å²) in [4.78, 5) is 12.0. The van der Waals surface area contributed by atoms with Gasteiger partial charge in [-0.1, -0.05) is 0 Å². The Kier molecular flexibility index (Phi) is 4.90. The van der Waals surface area contributed by atoms with Gasteiger partial charge in [-0.15, -0.1) is 12.4 Å². The second-order valence-electron chi connectivity index (χ2n) is 4.05. The highest BCUT2D eigenvalue weighted by atomic mass is 35.5. The van der Waals surface area contributed by atoms with Gasteiger partial charge in [0.2, 0.25) is 0 Å². The van der Waals surface area contributed by atoms with E-state index in [0.717, 1.165) is 32.0 Å². The van der Waals surface area contributed by atoms with Gasteiger partial charge in [-0.25, -0.2) is 4.39 Å². The summed E-state index contributed by atoms with van der Waals surface area (Å²) in [7, 11) is 0. The number of carbonyl (C=O) groups is 1. The lowest BCUT2D eigenvalue weighted by molar-refractivity contribution is 0.0892. The van der Waals surface area contributed by atoms with Crippen LogP contribution in [0.1, 0.15) is 23.2 Å². The normalized spacial score (nSPS) is 16.3. The van der Waals surface area contributed by atoms with Gasteiger partial charge in [0.15, 0.2) is 5.78 Å². The number of halogens is 2. The van der Waals surface area contributed by atoms with Gasteiger partial charge in [0, 0.05) is 12.0 Å². The summed E-state index contributed by atoms with van der Waals surface area (Å²) in [5, 5.41) is 12.7. The molecule has 0 atom stereocenters. The highest BCUT2D eigenvalue weighted by Gasteiger charge is 2.24. The number of phenolic OH excluding ortho intramolecular Hbond substituents is 1. The first kappa shape index (κ1) is 13.9. The second kappa shape index (κ2) is 5.98. The van der Waals surface area contributed by atoms with Gasteiger partial charge in [-0.2, -0.15) is 0 Å². The Bertz CT molecular complexity index is 405. The van der Waals surface area contributed by atoms with Crippen LogP contribution >= 0.6 is 12.4 Å².